The van der Waals surface area contributed by atoms with Crippen LogP contribution < -0.4 is 0 Å². The van der Waals surface area contributed by atoms with Crippen LogP contribution in [0.5, 0.6) is 0 Å². The molecule has 0 radical (unpaired) electrons. The maximum atomic E-state index is 13.2. The van der Waals surface area contributed by atoms with Gasteiger partial charge in [0.05, 0.1) is 6.61 Å². The number of unbranched alkanes of at least 4 members (excludes halogenated alkanes) is 24. The number of aliphatic carboxylic acids is 1. The van der Waals surface area contributed by atoms with E-state index in [1.807, 2.05) is 0 Å². The second-order valence-corrected chi connectivity index (χ2v) is 21.7. The summed E-state index contributed by atoms with van der Waals surface area (Å²) < 4.78 is 28.5. The number of rotatable bonds is 54. The molecule has 6 unspecified atom stereocenters. The fourth-order valence-electron chi connectivity index (χ4n) is 9.18. The van der Waals surface area contributed by atoms with Gasteiger partial charge in [0, 0.05) is 19.3 Å². The Kier molecular flexibility index (Phi) is 51.7. The van der Waals surface area contributed by atoms with Gasteiger partial charge in [0.15, 0.2) is 24.6 Å². The molecule has 3 N–H and O–H groups in total. The molecule has 0 amide bonds. The first-order valence-corrected chi connectivity index (χ1v) is 32.2. The zero-order valence-electron chi connectivity index (χ0n) is 51.0. The summed E-state index contributed by atoms with van der Waals surface area (Å²) in [5, 5.41) is 31.6. The van der Waals surface area contributed by atoms with Crippen molar-refractivity contribution in [2.24, 2.45) is 0 Å². The number of esters is 3. The fraction of sp³-hybridized carbons (Fsp3) is 0.710. The number of hydrogen-bond acceptors (Lipinski definition) is 11. The average molecular weight is 1140 g/mol. The largest absolute Gasteiger partial charge is 0.479 e. The van der Waals surface area contributed by atoms with Gasteiger partial charge in [-0.05, 0) is 122 Å². The number of hydrogen-bond donors (Lipinski definition) is 3. The summed E-state index contributed by atoms with van der Waals surface area (Å²) in [5.41, 5.74) is 0. The molecule has 0 spiro atoms. The van der Waals surface area contributed by atoms with Gasteiger partial charge >= 0.3 is 23.9 Å². The van der Waals surface area contributed by atoms with Crippen molar-refractivity contribution < 1.29 is 58.2 Å². The van der Waals surface area contributed by atoms with E-state index >= 15 is 0 Å². The van der Waals surface area contributed by atoms with Crippen molar-refractivity contribution in [3.8, 4) is 0 Å². The van der Waals surface area contributed by atoms with Gasteiger partial charge in [-0.3, -0.25) is 14.4 Å². The summed E-state index contributed by atoms with van der Waals surface area (Å²) in [6.07, 6.45) is 62.2. The Morgan fingerprint density at radius 2 is 0.778 bits per heavy atom. The molecule has 0 saturated carbocycles. The van der Waals surface area contributed by atoms with E-state index < -0.39 is 67.3 Å². The molecule has 12 nitrogen and oxygen atoms in total. The summed E-state index contributed by atoms with van der Waals surface area (Å²) in [5.74, 6) is -3.19. The molecule has 1 fully saturated rings. The van der Waals surface area contributed by atoms with Gasteiger partial charge in [-0.1, -0.05) is 221 Å². The second-order valence-electron chi connectivity index (χ2n) is 21.7. The van der Waals surface area contributed by atoms with E-state index in [0.717, 1.165) is 128 Å². The summed E-state index contributed by atoms with van der Waals surface area (Å²) in [4.78, 5) is 51.3. The maximum absolute atomic E-state index is 13.2. The highest BCUT2D eigenvalue weighted by molar-refractivity contribution is 5.74. The van der Waals surface area contributed by atoms with Crippen molar-refractivity contribution >= 4 is 23.9 Å². The monoisotopic (exact) mass is 1130 g/mol. The van der Waals surface area contributed by atoms with Gasteiger partial charge in [-0.2, -0.15) is 0 Å². The third-order valence-corrected chi connectivity index (χ3v) is 14.1. The van der Waals surface area contributed by atoms with Crippen molar-refractivity contribution in [3.63, 3.8) is 0 Å². The molecule has 1 aliphatic rings. The highest BCUT2D eigenvalue weighted by Gasteiger charge is 2.50. The zero-order valence-corrected chi connectivity index (χ0v) is 51.0. The molecule has 81 heavy (non-hydrogen) atoms. The number of carbonyl (C=O) groups excluding carboxylic acids is 3. The molecule has 1 aliphatic heterocycles. The van der Waals surface area contributed by atoms with Crippen molar-refractivity contribution in [1.29, 1.82) is 0 Å². The normalized spacial score (nSPS) is 18.4. The minimum atomic E-state index is -1.92. The number of ether oxygens (including phenoxy) is 5. The van der Waals surface area contributed by atoms with Crippen LogP contribution in [-0.4, -0.2) is 89.2 Å². The van der Waals surface area contributed by atoms with Gasteiger partial charge in [0.1, 0.15) is 18.8 Å². The van der Waals surface area contributed by atoms with Gasteiger partial charge in [-0.15, -0.1) is 0 Å². The number of aliphatic hydroxyl groups is 2. The number of carboxylic acid groups (broad SMARTS) is 1. The van der Waals surface area contributed by atoms with Crippen LogP contribution in [0.15, 0.2) is 97.2 Å². The fourth-order valence-corrected chi connectivity index (χ4v) is 9.18. The van der Waals surface area contributed by atoms with E-state index in [-0.39, 0.29) is 25.9 Å². The SMILES string of the molecule is CC/C=C\C/C=C\C/C=C\C/C=C\C/C=C\CCCCCC(=O)OCC(COC1OC(C(=O)O)C(O)C(O)C1OC(=O)CCCCCCC/C=C\C/C=C\CCCCC)OC(=O)CCCCCCCCC/C=C\CCCCCCCC. The van der Waals surface area contributed by atoms with Crippen LogP contribution in [0.25, 0.3) is 0 Å². The number of carbonyl (C=O) groups is 4. The summed E-state index contributed by atoms with van der Waals surface area (Å²) in [7, 11) is 0. The van der Waals surface area contributed by atoms with Crippen LogP contribution in [0.4, 0.5) is 0 Å². The quantitative estimate of drug-likeness (QED) is 0.0228. The molecular formula is C69H114O12. The molecule has 0 aromatic carbocycles. The average Bonchev–Trinajstić information content (AvgIpc) is 3.53. The molecule has 0 aromatic rings. The van der Waals surface area contributed by atoms with E-state index in [1.165, 1.54) is 77.0 Å². The van der Waals surface area contributed by atoms with Crippen molar-refractivity contribution in [3.05, 3.63) is 97.2 Å². The highest BCUT2D eigenvalue weighted by atomic mass is 16.7. The number of carboxylic acids is 1. The van der Waals surface area contributed by atoms with Crippen LogP contribution in [0.2, 0.25) is 0 Å². The van der Waals surface area contributed by atoms with E-state index in [0.29, 0.717) is 19.3 Å². The predicted octanol–water partition coefficient (Wildman–Crippen LogP) is 17.2. The highest BCUT2D eigenvalue weighted by Crippen LogP contribution is 2.26. The topological polar surface area (TPSA) is 175 Å². The molecule has 1 saturated heterocycles. The molecule has 6 atom stereocenters. The van der Waals surface area contributed by atoms with Crippen molar-refractivity contribution in [2.75, 3.05) is 13.2 Å². The lowest BCUT2D eigenvalue weighted by atomic mass is 9.98. The minimum Gasteiger partial charge on any atom is -0.479 e. The maximum Gasteiger partial charge on any atom is 0.335 e. The summed E-state index contributed by atoms with van der Waals surface area (Å²) in [6, 6.07) is 0. The van der Waals surface area contributed by atoms with E-state index in [4.69, 9.17) is 23.7 Å². The third-order valence-electron chi connectivity index (χ3n) is 14.1. The molecular weight excluding hydrogens is 1020 g/mol. The van der Waals surface area contributed by atoms with Gasteiger partial charge in [-0.25, -0.2) is 4.79 Å². The second kappa shape index (κ2) is 56.1. The Morgan fingerprint density at radius 3 is 1.23 bits per heavy atom. The standard InChI is InChI=1S/C69H114O12/c1-4-7-10-13-16-19-22-25-28-30-31-33-35-37-40-43-46-49-52-55-61(70)77-58-60(79-62(71)56-53-50-47-44-41-39-36-32-29-26-23-20-17-14-11-8-5-2)59-78-69-67(65(74)64(73)66(81-69)68(75)76)80-63(72)57-54-51-48-45-42-38-34-27-24-21-18-15-12-9-6-3/h7,10,16,18-19,21,25-29,31,33-34,37,40,60,64-67,69,73-74H,4-6,8-9,11-15,17,20,22-24,30,32,35-36,38-39,41-59H2,1-3H3,(H,75,76)/b10-7-,19-16-,21-18-,28-25-,29-26-,33-31-,34-27-,40-37-. The summed E-state index contributed by atoms with van der Waals surface area (Å²) in [6.45, 7) is 5.83. The van der Waals surface area contributed by atoms with Crippen molar-refractivity contribution in [2.45, 2.75) is 302 Å². The smallest absolute Gasteiger partial charge is 0.335 e. The molecule has 12 heteroatoms. The van der Waals surface area contributed by atoms with Crippen LogP contribution in [0.1, 0.15) is 265 Å². The van der Waals surface area contributed by atoms with Crippen LogP contribution in [0.3, 0.4) is 0 Å². The molecule has 1 heterocycles. The van der Waals surface area contributed by atoms with E-state index in [1.54, 1.807) is 0 Å². The van der Waals surface area contributed by atoms with Crippen LogP contribution in [0, 0.1) is 0 Å². The Hall–Kier alpha value is -4.36. The summed E-state index contributed by atoms with van der Waals surface area (Å²) >= 11 is 0. The Morgan fingerprint density at radius 1 is 0.420 bits per heavy atom. The predicted molar refractivity (Wildman–Crippen MR) is 331 cm³/mol. The van der Waals surface area contributed by atoms with Crippen LogP contribution in [-0.2, 0) is 42.9 Å². The first kappa shape index (κ1) is 74.7. The molecule has 0 bridgehead atoms. The third kappa shape index (κ3) is 45.8. The number of aliphatic hydroxyl groups excluding tert-OH is 2. The molecule has 0 aromatic heterocycles. The van der Waals surface area contributed by atoms with E-state index in [2.05, 4.69) is 118 Å². The number of allylic oxidation sites excluding steroid dienone is 16. The van der Waals surface area contributed by atoms with Gasteiger partial charge in [0.25, 0.3) is 0 Å². The van der Waals surface area contributed by atoms with Crippen molar-refractivity contribution in [1.82, 2.24) is 0 Å². The Labute approximate surface area is 492 Å². The Bertz CT molecular complexity index is 1780. The molecule has 0 aliphatic carbocycles. The first-order chi connectivity index (χ1) is 39.6. The first-order valence-electron chi connectivity index (χ1n) is 32.2. The lowest BCUT2D eigenvalue weighted by Crippen LogP contribution is -2.61. The van der Waals surface area contributed by atoms with Gasteiger partial charge < -0.3 is 39.0 Å². The Balaban J connectivity index is 2.71. The molecule has 1 rings (SSSR count). The minimum absolute atomic E-state index is 0.0372. The lowest BCUT2D eigenvalue weighted by Gasteiger charge is -2.40. The molecule has 462 valence electrons. The zero-order chi connectivity index (χ0) is 58.9. The van der Waals surface area contributed by atoms with Gasteiger partial charge in [0.2, 0.25) is 0 Å². The van der Waals surface area contributed by atoms with Crippen LogP contribution >= 0.6 is 0 Å². The lowest BCUT2D eigenvalue weighted by molar-refractivity contribution is -0.301. The van der Waals surface area contributed by atoms with E-state index in [9.17, 15) is 34.5 Å².